The molecule has 6 nitrogen and oxygen atoms in total. The molecule has 1 aliphatic rings. The van der Waals surface area contributed by atoms with Crippen LogP contribution in [0.5, 0.6) is 0 Å². The van der Waals surface area contributed by atoms with Crippen LogP contribution < -0.4 is 0 Å². The third-order valence-electron chi connectivity index (χ3n) is 5.12. The largest absolute Gasteiger partial charge is 0.356 e. The van der Waals surface area contributed by atoms with Crippen molar-refractivity contribution in [2.24, 2.45) is 5.92 Å². The van der Waals surface area contributed by atoms with Crippen LogP contribution in [0.2, 0.25) is 0 Å². The Morgan fingerprint density at radius 2 is 1.86 bits per heavy atom. The summed E-state index contributed by atoms with van der Waals surface area (Å²) in [6, 6.07) is 7.46. The molecule has 0 atom stereocenters. The number of ketones is 1. The highest BCUT2D eigenvalue weighted by Gasteiger charge is 2.28. The third kappa shape index (κ3) is 6.75. The van der Waals surface area contributed by atoms with E-state index < -0.39 is 9.84 Å². The quantitative estimate of drug-likeness (QED) is 0.407. The summed E-state index contributed by atoms with van der Waals surface area (Å²) in [4.78, 5) is 14.5. The lowest BCUT2D eigenvalue weighted by Gasteiger charge is -2.38. The van der Waals surface area contributed by atoms with Crippen LogP contribution in [-0.2, 0) is 9.84 Å². The van der Waals surface area contributed by atoms with Crippen molar-refractivity contribution in [2.45, 2.75) is 32.1 Å². The van der Waals surface area contributed by atoms with Gasteiger partial charge in [-0.1, -0.05) is 18.0 Å². The number of hydrogen-bond donors (Lipinski definition) is 0. The smallest absolute Gasteiger partial charge is 0.184 e. The summed E-state index contributed by atoms with van der Waals surface area (Å²) in [6.45, 7) is 2.72. The average Bonchev–Trinajstić information content (AvgIpc) is 3.11. The zero-order valence-corrected chi connectivity index (χ0v) is 17.5. The van der Waals surface area contributed by atoms with Gasteiger partial charge in [0.15, 0.2) is 11.5 Å². The van der Waals surface area contributed by atoms with Crippen molar-refractivity contribution in [3.63, 3.8) is 0 Å². The van der Waals surface area contributed by atoms with Crippen LogP contribution >= 0.6 is 0 Å². The maximum atomic E-state index is 13.0. The fourth-order valence-electron chi connectivity index (χ4n) is 3.65. The molecule has 8 heteroatoms. The maximum absolute atomic E-state index is 13.0. The van der Waals surface area contributed by atoms with Gasteiger partial charge in [-0.2, -0.15) is 0 Å². The van der Waals surface area contributed by atoms with Crippen molar-refractivity contribution in [3.05, 3.63) is 41.8 Å². The fraction of sp³-hybridized carbons (Fsp3) is 0.524. The second-order valence-electron chi connectivity index (χ2n) is 7.89. The van der Waals surface area contributed by atoms with Crippen LogP contribution in [0.4, 0.5) is 4.39 Å². The molecule has 2 heterocycles. The highest BCUT2D eigenvalue weighted by Crippen LogP contribution is 2.22. The monoisotopic (exact) mass is 422 g/mol. The Kier molecular flexibility index (Phi) is 7.18. The van der Waals surface area contributed by atoms with Gasteiger partial charge in [-0.15, -0.1) is 0 Å². The molecule has 0 saturated carbocycles. The van der Waals surface area contributed by atoms with Gasteiger partial charge in [-0.05, 0) is 49.6 Å². The fourth-order valence-corrected chi connectivity index (χ4v) is 4.72. The summed E-state index contributed by atoms with van der Waals surface area (Å²) in [7, 11) is -2.87. The number of Topliss-reactive ketones (excluding diaryl/α,β-unsaturated/α-hetero) is 1. The van der Waals surface area contributed by atoms with Gasteiger partial charge in [0.05, 0.1) is 5.75 Å². The van der Waals surface area contributed by atoms with E-state index in [2.05, 4.69) is 10.1 Å². The normalized spacial score (nSPS) is 15.4. The topological polar surface area (TPSA) is 80.5 Å². The minimum absolute atomic E-state index is 0.0477. The van der Waals surface area contributed by atoms with E-state index in [1.54, 1.807) is 18.2 Å². The van der Waals surface area contributed by atoms with E-state index in [4.69, 9.17) is 4.52 Å². The molecule has 0 bridgehead atoms. The first-order chi connectivity index (χ1) is 13.8. The molecular formula is C21H27FN2O4S. The number of benzene rings is 1. The van der Waals surface area contributed by atoms with Crippen LogP contribution in [0.15, 0.2) is 34.9 Å². The molecule has 2 aromatic rings. The molecule has 1 aromatic heterocycles. The van der Waals surface area contributed by atoms with Gasteiger partial charge in [0, 0.05) is 37.4 Å². The number of halogens is 1. The van der Waals surface area contributed by atoms with Crippen LogP contribution in [0.1, 0.15) is 42.6 Å². The molecule has 0 N–H and O–H groups in total. The molecule has 3 rings (SSSR count). The minimum Gasteiger partial charge on any atom is -0.356 e. The molecule has 0 amide bonds. The molecule has 0 spiro atoms. The van der Waals surface area contributed by atoms with Crippen molar-refractivity contribution in [3.8, 4) is 11.3 Å². The number of unbranched alkanes of at least 4 members (excludes halogenated alkanes) is 3. The van der Waals surface area contributed by atoms with E-state index in [9.17, 15) is 17.6 Å². The highest BCUT2D eigenvalue weighted by atomic mass is 32.2. The second kappa shape index (κ2) is 9.63. The molecule has 1 fully saturated rings. The number of rotatable bonds is 11. The van der Waals surface area contributed by atoms with Crippen molar-refractivity contribution in [2.75, 3.05) is 31.6 Å². The Hall–Kier alpha value is -2.06. The van der Waals surface area contributed by atoms with Crippen molar-refractivity contribution < 1.29 is 22.1 Å². The van der Waals surface area contributed by atoms with Gasteiger partial charge in [-0.3, -0.25) is 4.79 Å². The molecule has 1 aromatic carbocycles. The number of nitrogens with zero attached hydrogens (tertiary/aromatic N) is 2. The van der Waals surface area contributed by atoms with E-state index in [1.807, 2.05) is 0 Å². The summed E-state index contributed by atoms with van der Waals surface area (Å²) >= 11 is 0. The molecule has 1 saturated heterocycles. The SMILES string of the molecule is CS(=O)(=O)CC1CN(CCCCCCC(=O)c2cc(-c3ccc(F)cc3)on2)C1. The van der Waals surface area contributed by atoms with Crippen LogP contribution in [0, 0.1) is 11.7 Å². The van der Waals surface area contributed by atoms with Gasteiger partial charge in [0.2, 0.25) is 0 Å². The van der Waals surface area contributed by atoms with Gasteiger partial charge >= 0.3 is 0 Å². The standard InChI is InChI=1S/C21H27FN2O4S/c1-29(26,27)15-16-13-24(14-16)11-5-3-2-4-6-20(25)19-12-21(28-23-19)17-7-9-18(22)10-8-17/h7-10,12,16H,2-6,11,13-15H2,1H3. The second-order valence-corrected chi connectivity index (χ2v) is 10.1. The van der Waals surface area contributed by atoms with Gasteiger partial charge in [0.1, 0.15) is 21.3 Å². The third-order valence-corrected chi connectivity index (χ3v) is 6.20. The van der Waals surface area contributed by atoms with E-state index in [0.717, 1.165) is 45.3 Å². The first-order valence-electron chi connectivity index (χ1n) is 9.96. The highest BCUT2D eigenvalue weighted by molar-refractivity contribution is 7.90. The van der Waals surface area contributed by atoms with E-state index in [0.29, 0.717) is 23.4 Å². The first kappa shape index (κ1) is 21.6. The summed E-state index contributed by atoms with van der Waals surface area (Å²) in [5.74, 6) is 0.652. The number of carbonyl (C=O) groups excluding carboxylic acids is 1. The number of likely N-dealkylation sites (tertiary alicyclic amines) is 1. The number of hydrogen-bond acceptors (Lipinski definition) is 6. The van der Waals surface area contributed by atoms with Crippen LogP contribution in [0.3, 0.4) is 0 Å². The van der Waals surface area contributed by atoms with Crippen LogP contribution in [0.25, 0.3) is 11.3 Å². The molecule has 0 aliphatic carbocycles. The zero-order chi connectivity index (χ0) is 20.9. The Bertz CT molecular complexity index is 918. The van der Waals surface area contributed by atoms with Crippen molar-refractivity contribution in [1.29, 1.82) is 0 Å². The molecule has 29 heavy (non-hydrogen) atoms. The maximum Gasteiger partial charge on any atom is 0.184 e. The summed E-state index contributed by atoms with van der Waals surface area (Å²) < 4.78 is 40.7. The summed E-state index contributed by atoms with van der Waals surface area (Å²) in [5, 5.41) is 3.84. The van der Waals surface area contributed by atoms with Crippen molar-refractivity contribution >= 4 is 15.6 Å². The molecule has 0 radical (unpaired) electrons. The van der Waals surface area contributed by atoms with Gasteiger partial charge in [-0.25, -0.2) is 12.8 Å². The number of sulfone groups is 1. The summed E-state index contributed by atoms with van der Waals surface area (Å²) in [6.07, 6.45) is 5.58. The lowest BCUT2D eigenvalue weighted by atomic mass is 10.0. The molecule has 1 aliphatic heterocycles. The van der Waals surface area contributed by atoms with E-state index in [1.165, 1.54) is 18.4 Å². The average molecular weight is 423 g/mol. The number of aromatic nitrogens is 1. The lowest BCUT2D eigenvalue weighted by molar-refractivity contribution is 0.0968. The number of carbonyl (C=O) groups is 1. The van der Waals surface area contributed by atoms with Gasteiger partial charge in [0.25, 0.3) is 0 Å². The Morgan fingerprint density at radius 3 is 2.55 bits per heavy atom. The van der Waals surface area contributed by atoms with Crippen molar-refractivity contribution in [1.82, 2.24) is 10.1 Å². The summed E-state index contributed by atoms with van der Waals surface area (Å²) in [5.41, 5.74) is 0.990. The Morgan fingerprint density at radius 1 is 1.17 bits per heavy atom. The predicted octanol–water partition coefficient (Wildman–Crippen LogP) is 3.59. The minimum atomic E-state index is -2.87. The predicted molar refractivity (Wildman–Crippen MR) is 109 cm³/mol. The first-order valence-corrected chi connectivity index (χ1v) is 12.0. The Labute approximate surface area is 171 Å². The molecular weight excluding hydrogens is 395 g/mol. The Balaban J connectivity index is 1.29. The lowest BCUT2D eigenvalue weighted by Crippen LogP contribution is -2.49. The molecule has 158 valence electrons. The van der Waals surface area contributed by atoms with Gasteiger partial charge < -0.3 is 9.42 Å². The van der Waals surface area contributed by atoms with E-state index >= 15 is 0 Å². The van der Waals surface area contributed by atoms with E-state index in [-0.39, 0.29) is 23.3 Å². The molecule has 0 unspecified atom stereocenters. The zero-order valence-electron chi connectivity index (χ0n) is 16.6. The van der Waals surface area contributed by atoms with Crippen LogP contribution in [-0.4, -0.2) is 55.9 Å².